The molecule has 1 aliphatic heterocycles. The summed E-state index contributed by atoms with van der Waals surface area (Å²) >= 11 is 0. The molecule has 0 spiro atoms. The molecule has 1 atom stereocenters. The molecule has 2 amide bonds. The van der Waals surface area contributed by atoms with Gasteiger partial charge >= 0.3 is 0 Å². The predicted molar refractivity (Wildman–Crippen MR) is 143 cm³/mol. The molecule has 0 unspecified atom stereocenters. The van der Waals surface area contributed by atoms with Crippen LogP contribution in [-0.2, 0) is 28.9 Å². The summed E-state index contributed by atoms with van der Waals surface area (Å²) in [5.41, 5.74) is 4.74. The Kier molecular flexibility index (Phi) is 6.77. The second-order valence-corrected chi connectivity index (χ2v) is 9.22. The van der Waals surface area contributed by atoms with E-state index in [0.29, 0.717) is 29.0 Å². The van der Waals surface area contributed by atoms with Crippen LogP contribution in [0, 0.1) is 5.82 Å². The summed E-state index contributed by atoms with van der Waals surface area (Å²) in [7, 11) is 3.24. The molecule has 1 aromatic heterocycles. The Morgan fingerprint density at radius 1 is 1.08 bits per heavy atom. The molecule has 0 radical (unpaired) electrons. The number of amides is 2. The van der Waals surface area contributed by atoms with E-state index in [1.54, 1.807) is 38.4 Å². The van der Waals surface area contributed by atoms with Gasteiger partial charge in [0.1, 0.15) is 17.6 Å². The number of aromatic nitrogens is 1. The van der Waals surface area contributed by atoms with Crippen LogP contribution in [0.1, 0.15) is 22.4 Å². The van der Waals surface area contributed by atoms with Crippen molar-refractivity contribution in [2.75, 3.05) is 19.1 Å². The fourth-order valence-electron chi connectivity index (χ4n) is 4.84. The van der Waals surface area contributed by atoms with E-state index in [9.17, 15) is 14.0 Å². The first-order valence-corrected chi connectivity index (χ1v) is 12.2. The quantitative estimate of drug-likeness (QED) is 0.426. The number of anilines is 1. The topological polar surface area (TPSA) is 74.4 Å². The van der Waals surface area contributed by atoms with Crippen LogP contribution >= 0.6 is 0 Å². The SMILES string of the molecule is COc1ccc(N(C)C(=O)[C@@H]2Cc3cc(F)cc(c3)/C=C\Cc3[nH]c4ccccc4c3CC(=O)N2)cc1. The zero-order valence-electron chi connectivity index (χ0n) is 20.8. The van der Waals surface area contributed by atoms with Crippen LogP contribution in [0.2, 0.25) is 0 Å². The number of nitrogens with zero attached hydrogens (tertiary/aromatic N) is 1. The maximum absolute atomic E-state index is 14.5. The summed E-state index contributed by atoms with van der Waals surface area (Å²) in [6.45, 7) is 0. The highest BCUT2D eigenvalue weighted by molar-refractivity contribution is 6.00. The molecule has 2 N–H and O–H groups in total. The van der Waals surface area contributed by atoms with Gasteiger partial charge in [0, 0.05) is 42.2 Å². The number of aromatic amines is 1. The minimum absolute atomic E-state index is 0.120. The van der Waals surface area contributed by atoms with Gasteiger partial charge in [-0.05, 0) is 59.2 Å². The monoisotopic (exact) mass is 497 g/mol. The van der Waals surface area contributed by atoms with E-state index in [2.05, 4.69) is 10.3 Å². The van der Waals surface area contributed by atoms with Gasteiger partial charge in [-0.3, -0.25) is 9.59 Å². The minimum atomic E-state index is -0.882. The van der Waals surface area contributed by atoms with Crippen LogP contribution in [0.3, 0.4) is 0 Å². The smallest absolute Gasteiger partial charge is 0.249 e. The molecular formula is C30H28FN3O3. The van der Waals surface area contributed by atoms with Gasteiger partial charge in [-0.1, -0.05) is 36.4 Å². The lowest BCUT2D eigenvalue weighted by molar-refractivity contribution is -0.127. The molecule has 6 nitrogen and oxygen atoms in total. The number of hydrogen-bond donors (Lipinski definition) is 2. The van der Waals surface area contributed by atoms with Crippen LogP contribution in [0.15, 0.2) is 72.8 Å². The molecule has 0 saturated carbocycles. The first-order chi connectivity index (χ1) is 17.9. The second kappa shape index (κ2) is 10.3. The number of H-pyrrole nitrogens is 1. The van der Waals surface area contributed by atoms with Crippen molar-refractivity contribution >= 4 is 34.5 Å². The zero-order valence-corrected chi connectivity index (χ0v) is 20.8. The number of hydrogen-bond acceptors (Lipinski definition) is 3. The molecule has 2 bridgehead atoms. The lowest BCUT2D eigenvalue weighted by atomic mass is 10.0. The third-order valence-electron chi connectivity index (χ3n) is 6.71. The Morgan fingerprint density at radius 3 is 2.65 bits per heavy atom. The first kappa shape index (κ1) is 24.3. The Bertz CT molecular complexity index is 1490. The number of para-hydroxylation sites is 1. The van der Waals surface area contributed by atoms with Crippen molar-refractivity contribution in [1.29, 1.82) is 0 Å². The lowest BCUT2D eigenvalue weighted by Gasteiger charge is -2.25. The van der Waals surface area contributed by atoms with E-state index in [1.807, 2.05) is 42.5 Å². The zero-order chi connectivity index (χ0) is 25.9. The first-order valence-electron chi connectivity index (χ1n) is 12.2. The third-order valence-corrected chi connectivity index (χ3v) is 6.71. The molecule has 3 aromatic carbocycles. The summed E-state index contributed by atoms with van der Waals surface area (Å²) in [6, 6.07) is 18.8. The van der Waals surface area contributed by atoms with Crippen molar-refractivity contribution < 1.29 is 18.7 Å². The highest BCUT2D eigenvalue weighted by Gasteiger charge is 2.27. The third kappa shape index (κ3) is 5.26. The Hall–Kier alpha value is -4.39. The van der Waals surface area contributed by atoms with Crippen molar-refractivity contribution in [3.8, 4) is 5.75 Å². The lowest BCUT2D eigenvalue weighted by Crippen LogP contribution is -2.49. The molecular weight excluding hydrogens is 469 g/mol. The van der Waals surface area contributed by atoms with Crippen LogP contribution in [0.25, 0.3) is 17.0 Å². The molecule has 37 heavy (non-hydrogen) atoms. The van der Waals surface area contributed by atoms with Crippen LogP contribution in [0.4, 0.5) is 10.1 Å². The van der Waals surface area contributed by atoms with E-state index in [-0.39, 0.29) is 30.5 Å². The average Bonchev–Trinajstić information content (AvgIpc) is 3.24. The summed E-state index contributed by atoms with van der Waals surface area (Å²) in [4.78, 5) is 31.9. The Balaban J connectivity index is 1.52. The summed E-state index contributed by atoms with van der Waals surface area (Å²) in [6.07, 6.45) is 4.67. The largest absolute Gasteiger partial charge is 0.497 e. The van der Waals surface area contributed by atoms with Crippen LogP contribution in [0.5, 0.6) is 5.75 Å². The van der Waals surface area contributed by atoms with Crippen molar-refractivity contribution in [2.45, 2.75) is 25.3 Å². The van der Waals surface area contributed by atoms with Gasteiger partial charge in [0.2, 0.25) is 11.8 Å². The van der Waals surface area contributed by atoms with Crippen molar-refractivity contribution in [3.05, 3.63) is 101 Å². The van der Waals surface area contributed by atoms with Gasteiger partial charge in [0.15, 0.2) is 0 Å². The number of allylic oxidation sites excluding steroid dienone is 1. The molecule has 1 aliphatic rings. The second-order valence-electron chi connectivity index (χ2n) is 9.22. The highest BCUT2D eigenvalue weighted by Crippen LogP contribution is 2.25. The number of rotatable bonds is 3. The molecule has 0 saturated heterocycles. The van der Waals surface area contributed by atoms with Crippen LogP contribution < -0.4 is 15.0 Å². The number of fused-ring (bicyclic) bond motifs is 5. The number of likely N-dealkylation sites (N-methyl/N-ethyl adjacent to an activating group) is 1. The average molecular weight is 498 g/mol. The minimum Gasteiger partial charge on any atom is -0.497 e. The number of nitrogens with one attached hydrogen (secondary N) is 2. The number of ether oxygens (including phenoxy) is 1. The van der Waals surface area contributed by atoms with E-state index in [4.69, 9.17) is 4.74 Å². The number of benzene rings is 3. The van der Waals surface area contributed by atoms with Crippen molar-refractivity contribution in [2.24, 2.45) is 0 Å². The predicted octanol–water partition coefficient (Wildman–Crippen LogP) is 4.82. The van der Waals surface area contributed by atoms with Gasteiger partial charge in [0.05, 0.1) is 13.5 Å². The molecule has 4 aromatic rings. The van der Waals surface area contributed by atoms with E-state index < -0.39 is 6.04 Å². The summed E-state index contributed by atoms with van der Waals surface area (Å²) < 4.78 is 19.7. The fourth-order valence-corrected chi connectivity index (χ4v) is 4.84. The van der Waals surface area contributed by atoms with Crippen molar-refractivity contribution in [1.82, 2.24) is 10.3 Å². The number of halogens is 1. The summed E-state index contributed by atoms with van der Waals surface area (Å²) in [5, 5.41) is 3.91. The van der Waals surface area contributed by atoms with Crippen LogP contribution in [-0.4, -0.2) is 37.0 Å². The number of carbonyl (C=O) groups excluding carboxylic acids is 2. The summed E-state index contributed by atoms with van der Waals surface area (Å²) in [5.74, 6) is -0.282. The fraction of sp³-hybridized carbons (Fsp3) is 0.200. The maximum atomic E-state index is 14.5. The normalized spacial score (nSPS) is 16.5. The van der Waals surface area contributed by atoms with Gasteiger partial charge in [-0.2, -0.15) is 0 Å². The molecule has 0 fully saturated rings. The molecule has 5 rings (SSSR count). The number of methoxy groups -OCH3 is 1. The maximum Gasteiger partial charge on any atom is 0.249 e. The molecule has 2 heterocycles. The highest BCUT2D eigenvalue weighted by atomic mass is 19.1. The van der Waals surface area contributed by atoms with Gasteiger partial charge < -0.3 is 19.9 Å². The molecule has 7 heteroatoms. The molecule has 188 valence electrons. The van der Waals surface area contributed by atoms with Gasteiger partial charge in [-0.15, -0.1) is 0 Å². The van der Waals surface area contributed by atoms with E-state index >= 15 is 0 Å². The standard InChI is InChI=1S/C30H28FN3O3/c1-34(22-10-12-23(37-2)13-11-22)30(36)28-17-20-14-19(15-21(31)16-20)6-5-9-27-25(18-29(35)33-28)24-7-3-4-8-26(24)32-27/h3-8,10-16,28,32H,9,17-18H2,1-2H3,(H,33,35)/b6-5-/t28-/m0/s1. The Morgan fingerprint density at radius 2 is 1.86 bits per heavy atom. The van der Waals surface area contributed by atoms with E-state index in [1.165, 1.54) is 17.0 Å². The van der Waals surface area contributed by atoms with E-state index in [0.717, 1.165) is 22.2 Å². The molecule has 0 aliphatic carbocycles. The van der Waals surface area contributed by atoms with Crippen molar-refractivity contribution in [3.63, 3.8) is 0 Å². The Labute approximate surface area is 214 Å². The number of carbonyl (C=O) groups is 2. The van der Waals surface area contributed by atoms with Gasteiger partial charge in [0.25, 0.3) is 0 Å². The van der Waals surface area contributed by atoms with Gasteiger partial charge in [-0.25, -0.2) is 4.39 Å².